The van der Waals surface area contributed by atoms with E-state index in [1.807, 2.05) is 12.1 Å². The number of amides is 1. The number of aromatic nitrogens is 3. The lowest BCUT2D eigenvalue weighted by atomic mass is 10.1. The van der Waals surface area contributed by atoms with E-state index in [4.69, 9.17) is 9.47 Å². The highest BCUT2D eigenvalue weighted by Crippen LogP contribution is 2.39. The van der Waals surface area contributed by atoms with E-state index in [1.54, 1.807) is 6.07 Å². The van der Waals surface area contributed by atoms with Crippen LogP contribution in [-0.4, -0.2) is 39.9 Å². The number of benzene rings is 1. The van der Waals surface area contributed by atoms with Crippen LogP contribution >= 0.6 is 0 Å². The van der Waals surface area contributed by atoms with E-state index in [0.717, 1.165) is 37.5 Å². The molecule has 1 aromatic carbocycles. The quantitative estimate of drug-likeness (QED) is 0.913. The van der Waals surface area contributed by atoms with E-state index < -0.39 is 0 Å². The van der Waals surface area contributed by atoms with Crippen molar-refractivity contribution in [1.82, 2.24) is 20.1 Å². The van der Waals surface area contributed by atoms with Crippen LogP contribution in [-0.2, 0) is 13.0 Å². The SMILES string of the molecule is O=C(NC1CCc2nnc(C3CC3)n2CC1)c1cccc2c1OCCO2. The van der Waals surface area contributed by atoms with Crippen molar-refractivity contribution >= 4 is 5.91 Å². The Morgan fingerprint density at radius 1 is 1.12 bits per heavy atom. The van der Waals surface area contributed by atoms with Gasteiger partial charge in [-0.15, -0.1) is 10.2 Å². The number of carbonyl (C=O) groups is 1. The lowest BCUT2D eigenvalue weighted by molar-refractivity contribution is 0.0922. The van der Waals surface area contributed by atoms with E-state index in [9.17, 15) is 4.79 Å². The Bertz CT molecular complexity index is 843. The zero-order chi connectivity index (χ0) is 17.5. The molecule has 1 aliphatic carbocycles. The molecule has 0 spiro atoms. The summed E-state index contributed by atoms with van der Waals surface area (Å²) in [5, 5.41) is 11.9. The second-order valence-electron chi connectivity index (χ2n) is 7.23. The highest BCUT2D eigenvalue weighted by atomic mass is 16.6. The minimum atomic E-state index is -0.0996. The van der Waals surface area contributed by atoms with Crippen LogP contribution in [0.25, 0.3) is 0 Å². The van der Waals surface area contributed by atoms with Crippen LogP contribution in [0.3, 0.4) is 0 Å². The van der Waals surface area contributed by atoms with Crippen molar-refractivity contribution in [3.63, 3.8) is 0 Å². The number of nitrogens with zero attached hydrogens (tertiary/aromatic N) is 3. The third kappa shape index (κ3) is 2.81. The molecule has 1 N–H and O–H groups in total. The molecular formula is C19H22N4O3. The summed E-state index contributed by atoms with van der Waals surface area (Å²) >= 11 is 0. The number of hydrogen-bond donors (Lipinski definition) is 1. The average Bonchev–Trinajstić information content (AvgIpc) is 3.47. The number of rotatable bonds is 3. The van der Waals surface area contributed by atoms with E-state index >= 15 is 0 Å². The topological polar surface area (TPSA) is 78.3 Å². The molecule has 7 nitrogen and oxygen atoms in total. The van der Waals surface area contributed by atoms with Gasteiger partial charge in [0.05, 0.1) is 5.56 Å². The van der Waals surface area contributed by atoms with Gasteiger partial charge in [0, 0.05) is 24.9 Å². The third-order valence-corrected chi connectivity index (χ3v) is 5.36. The minimum Gasteiger partial charge on any atom is -0.486 e. The van der Waals surface area contributed by atoms with E-state index in [-0.39, 0.29) is 11.9 Å². The minimum absolute atomic E-state index is 0.0996. The van der Waals surface area contributed by atoms with Gasteiger partial charge in [0.15, 0.2) is 11.5 Å². The third-order valence-electron chi connectivity index (χ3n) is 5.36. The second-order valence-corrected chi connectivity index (χ2v) is 7.23. The number of hydrogen-bond acceptors (Lipinski definition) is 5. The van der Waals surface area contributed by atoms with Crippen LogP contribution in [0, 0.1) is 0 Å². The van der Waals surface area contributed by atoms with Crippen molar-refractivity contribution in [3.8, 4) is 11.5 Å². The molecule has 1 atom stereocenters. The zero-order valence-electron chi connectivity index (χ0n) is 14.6. The summed E-state index contributed by atoms with van der Waals surface area (Å²) in [6.45, 7) is 1.86. The Labute approximate surface area is 151 Å². The molecule has 2 aliphatic heterocycles. The molecule has 26 heavy (non-hydrogen) atoms. The maximum absolute atomic E-state index is 12.8. The van der Waals surface area contributed by atoms with Crippen LogP contribution < -0.4 is 14.8 Å². The monoisotopic (exact) mass is 354 g/mol. The molecule has 0 bridgehead atoms. The van der Waals surface area contributed by atoms with Gasteiger partial charge in [0.2, 0.25) is 0 Å². The summed E-state index contributed by atoms with van der Waals surface area (Å²) in [6, 6.07) is 5.58. The predicted molar refractivity (Wildman–Crippen MR) is 93.6 cm³/mol. The zero-order valence-corrected chi connectivity index (χ0v) is 14.6. The summed E-state index contributed by atoms with van der Waals surface area (Å²) in [7, 11) is 0. The molecule has 1 fully saturated rings. The molecule has 136 valence electrons. The van der Waals surface area contributed by atoms with Gasteiger partial charge < -0.3 is 19.4 Å². The summed E-state index contributed by atoms with van der Waals surface area (Å²) in [5.41, 5.74) is 0.546. The molecule has 1 aromatic heterocycles. The van der Waals surface area contributed by atoms with Crippen LogP contribution in [0.15, 0.2) is 18.2 Å². The molecule has 3 heterocycles. The fourth-order valence-corrected chi connectivity index (χ4v) is 3.81. The predicted octanol–water partition coefficient (Wildman–Crippen LogP) is 2.06. The first-order valence-corrected chi connectivity index (χ1v) is 9.41. The van der Waals surface area contributed by atoms with Gasteiger partial charge in [-0.25, -0.2) is 0 Å². The molecule has 1 saturated carbocycles. The first-order valence-electron chi connectivity index (χ1n) is 9.41. The molecule has 5 rings (SSSR count). The van der Waals surface area contributed by atoms with Gasteiger partial charge in [0.1, 0.15) is 24.9 Å². The Hall–Kier alpha value is -2.57. The average molecular weight is 354 g/mol. The molecule has 3 aliphatic rings. The maximum atomic E-state index is 12.8. The Balaban J connectivity index is 1.29. The summed E-state index contributed by atoms with van der Waals surface area (Å²) in [4.78, 5) is 12.8. The van der Waals surface area contributed by atoms with Crippen molar-refractivity contribution in [3.05, 3.63) is 35.4 Å². The van der Waals surface area contributed by atoms with Crippen LogP contribution in [0.5, 0.6) is 11.5 Å². The van der Waals surface area contributed by atoms with Crippen molar-refractivity contribution in [2.75, 3.05) is 13.2 Å². The Kier molecular flexibility index (Phi) is 3.80. The smallest absolute Gasteiger partial charge is 0.255 e. The highest BCUT2D eigenvalue weighted by molar-refractivity contribution is 5.98. The van der Waals surface area contributed by atoms with Gasteiger partial charge in [0.25, 0.3) is 5.91 Å². The molecule has 0 radical (unpaired) electrons. The summed E-state index contributed by atoms with van der Waals surface area (Å²) < 4.78 is 13.5. The van der Waals surface area contributed by atoms with Crippen molar-refractivity contribution in [2.24, 2.45) is 0 Å². The normalized spacial score (nSPS) is 21.6. The first kappa shape index (κ1) is 15.7. The van der Waals surface area contributed by atoms with Gasteiger partial charge in [-0.1, -0.05) is 6.07 Å². The molecular weight excluding hydrogens is 332 g/mol. The van der Waals surface area contributed by atoms with Gasteiger partial charge >= 0.3 is 0 Å². The number of aryl methyl sites for hydroxylation is 1. The Morgan fingerprint density at radius 2 is 2.00 bits per heavy atom. The lowest BCUT2D eigenvalue weighted by Crippen LogP contribution is -2.35. The van der Waals surface area contributed by atoms with Crippen LogP contribution in [0.4, 0.5) is 0 Å². The van der Waals surface area contributed by atoms with E-state index in [2.05, 4.69) is 20.1 Å². The number of ether oxygens (including phenoxy) is 2. The Morgan fingerprint density at radius 3 is 2.88 bits per heavy atom. The van der Waals surface area contributed by atoms with Crippen LogP contribution in [0.2, 0.25) is 0 Å². The fourth-order valence-electron chi connectivity index (χ4n) is 3.81. The molecule has 7 heteroatoms. The second kappa shape index (κ2) is 6.30. The number of para-hydroxylation sites is 1. The van der Waals surface area contributed by atoms with E-state index in [0.29, 0.717) is 36.2 Å². The standard InChI is InChI=1S/C19H22N4O3/c24-19(14-2-1-3-15-17(14)26-11-10-25-15)20-13-6-7-16-21-22-18(12-4-5-12)23(16)9-8-13/h1-3,12-13H,4-11H2,(H,20,24). The van der Waals surface area contributed by atoms with Gasteiger partial charge in [-0.2, -0.15) is 0 Å². The first-order chi connectivity index (χ1) is 12.8. The van der Waals surface area contributed by atoms with Crippen molar-refractivity contribution < 1.29 is 14.3 Å². The van der Waals surface area contributed by atoms with E-state index in [1.165, 1.54) is 12.8 Å². The van der Waals surface area contributed by atoms with Gasteiger partial charge in [-0.3, -0.25) is 4.79 Å². The number of nitrogens with one attached hydrogen (secondary N) is 1. The van der Waals surface area contributed by atoms with Crippen molar-refractivity contribution in [2.45, 2.75) is 50.6 Å². The fraction of sp³-hybridized carbons (Fsp3) is 0.526. The molecule has 2 aromatic rings. The lowest BCUT2D eigenvalue weighted by Gasteiger charge is -2.22. The van der Waals surface area contributed by atoms with Crippen molar-refractivity contribution in [1.29, 1.82) is 0 Å². The number of fused-ring (bicyclic) bond motifs is 2. The largest absolute Gasteiger partial charge is 0.486 e. The highest BCUT2D eigenvalue weighted by Gasteiger charge is 2.32. The molecule has 1 unspecified atom stereocenters. The molecule has 0 saturated heterocycles. The van der Waals surface area contributed by atoms with Crippen LogP contribution in [0.1, 0.15) is 53.6 Å². The summed E-state index contributed by atoms with van der Waals surface area (Å²) in [6.07, 6.45) is 5.06. The van der Waals surface area contributed by atoms with Gasteiger partial charge in [-0.05, 0) is 37.8 Å². The number of carbonyl (C=O) groups excluding carboxylic acids is 1. The summed E-state index contributed by atoms with van der Waals surface area (Å²) in [5.74, 6) is 3.88. The maximum Gasteiger partial charge on any atom is 0.255 e. The molecule has 1 amide bonds.